The van der Waals surface area contributed by atoms with Crippen molar-refractivity contribution in [3.63, 3.8) is 0 Å². The number of hydrogen-bond acceptors (Lipinski definition) is 3. The molecule has 0 fully saturated rings. The number of carbonyl (C=O) groups is 1. The average molecular weight is 258 g/mol. The Labute approximate surface area is 111 Å². The molecule has 0 spiro atoms. The lowest BCUT2D eigenvalue weighted by Crippen LogP contribution is -2.39. The number of nitrogens with two attached hydrogens (primary N) is 1. The Bertz CT molecular complexity index is 236. The molecule has 0 aromatic heterocycles. The number of hydrogen-bond donors (Lipinski definition) is 3. The van der Waals surface area contributed by atoms with Gasteiger partial charge in [-0.1, -0.05) is 34.1 Å². The van der Waals surface area contributed by atoms with Crippen LogP contribution in [0.25, 0.3) is 0 Å². The van der Waals surface area contributed by atoms with Crippen LogP contribution in [0.15, 0.2) is 0 Å². The highest BCUT2D eigenvalue weighted by Gasteiger charge is 2.23. The molecule has 0 aliphatic carbocycles. The van der Waals surface area contributed by atoms with Crippen molar-refractivity contribution < 1.29 is 9.90 Å². The van der Waals surface area contributed by atoms with Crippen molar-refractivity contribution in [2.75, 3.05) is 19.7 Å². The van der Waals surface area contributed by atoms with Crippen LogP contribution < -0.4 is 11.1 Å². The van der Waals surface area contributed by atoms with Gasteiger partial charge in [-0.05, 0) is 24.2 Å². The molecule has 0 rings (SSSR count). The van der Waals surface area contributed by atoms with Crippen LogP contribution in [0.3, 0.4) is 0 Å². The van der Waals surface area contributed by atoms with Gasteiger partial charge in [0.1, 0.15) is 0 Å². The van der Waals surface area contributed by atoms with Crippen molar-refractivity contribution in [1.29, 1.82) is 0 Å². The largest absolute Gasteiger partial charge is 0.396 e. The molecule has 0 radical (unpaired) electrons. The van der Waals surface area contributed by atoms with E-state index in [1.807, 2.05) is 0 Å². The van der Waals surface area contributed by atoms with Gasteiger partial charge in [0.15, 0.2) is 0 Å². The molecule has 0 aliphatic heterocycles. The standard InChI is InChI=1S/C14H30N2O2/c1-5-11(6-7-17)10-16-13(18)12(9-15)8-14(2,3)4/h11-12,17H,5-10,15H2,1-4H3,(H,16,18). The third-order valence-electron chi connectivity index (χ3n) is 3.19. The summed E-state index contributed by atoms with van der Waals surface area (Å²) in [5.41, 5.74) is 5.79. The molecule has 0 aromatic rings. The quantitative estimate of drug-likeness (QED) is 0.618. The van der Waals surface area contributed by atoms with E-state index < -0.39 is 0 Å². The Balaban J connectivity index is 4.19. The first-order valence-electron chi connectivity index (χ1n) is 6.92. The van der Waals surface area contributed by atoms with Crippen LogP contribution in [-0.2, 0) is 4.79 Å². The molecule has 18 heavy (non-hydrogen) atoms. The van der Waals surface area contributed by atoms with Crippen molar-refractivity contribution in [2.45, 2.75) is 47.0 Å². The number of rotatable bonds is 8. The minimum Gasteiger partial charge on any atom is -0.396 e. The van der Waals surface area contributed by atoms with Crippen LogP contribution >= 0.6 is 0 Å². The Kier molecular flexibility index (Phi) is 8.20. The van der Waals surface area contributed by atoms with E-state index in [9.17, 15) is 4.79 Å². The first-order valence-corrected chi connectivity index (χ1v) is 6.92. The van der Waals surface area contributed by atoms with E-state index in [4.69, 9.17) is 10.8 Å². The Hall–Kier alpha value is -0.610. The fraction of sp³-hybridized carbons (Fsp3) is 0.929. The summed E-state index contributed by atoms with van der Waals surface area (Å²) in [6, 6.07) is 0. The average Bonchev–Trinajstić information content (AvgIpc) is 2.29. The van der Waals surface area contributed by atoms with Crippen molar-refractivity contribution in [3.8, 4) is 0 Å². The highest BCUT2D eigenvalue weighted by atomic mass is 16.3. The summed E-state index contributed by atoms with van der Waals surface area (Å²) in [5.74, 6) is 0.285. The lowest BCUT2D eigenvalue weighted by atomic mass is 9.84. The van der Waals surface area contributed by atoms with Gasteiger partial charge in [0, 0.05) is 19.7 Å². The normalized spacial score (nSPS) is 15.2. The second-order valence-electron chi connectivity index (χ2n) is 6.23. The second kappa shape index (κ2) is 8.48. The van der Waals surface area contributed by atoms with Gasteiger partial charge in [-0.3, -0.25) is 4.79 Å². The fourth-order valence-corrected chi connectivity index (χ4v) is 2.04. The summed E-state index contributed by atoms with van der Waals surface area (Å²) in [5, 5.41) is 11.9. The molecule has 0 bridgehead atoms. The first kappa shape index (κ1) is 17.4. The smallest absolute Gasteiger partial charge is 0.224 e. The first-order chi connectivity index (χ1) is 8.34. The zero-order valence-corrected chi connectivity index (χ0v) is 12.3. The maximum atomic E-state index is 12.0. The molecule has 4 nitrogen and oxygen atoms in total. The van der Waals surface area contributed by atoms with Crippen molar-refractivity contribution in [2.24, 2.45) is 23.0 Å². The van der Waals surface area contributed by atoms with Crippen molar-refractivity contribution in [1.82, 2.24) is 5.32 Å². The molecule has 1 amide bonds. The third kappa shape index (κ3) is 7.67. The van der Waals surface area contributed by atoms with Crippen LogP contribution in [0.1, 0.15) is 47.0 Å². The van der Waals surface area contributed by atoms with Crippen LogP contribution in [0, 0.1) is 17.3 Å². The number of carbonyl (C=O) groups excluding carboxylic acids is 1. The Morgan fingerprint density at radius 2 is 2.00 bits per heavy atom. The fourth-order valence-electron chi connectivity index (χ4n) is 2.04. The number of aliphatic hydroxyl groups is 1. The lowest BCUT2D eigenvalue weighted by Gasteiger charge is -2.25. The van der Waals surface area contributed by atoms with E-state index in [2.05, 4.69) is 33.0 Å². The summed E-state index contributed by atoms with van der Waals surface area (Å²) in [4.78, 5) is 12.0. The van der Waals surface area contributed by atoms with E-state index in [0.29, 0.717) is 19.0 Å². The third-order valence-corrected chi connectivity index (χ3v) is 3.19. The predicted molar refractivity (Wildman–Crippen MR) is 75.1 cm³/mol. The Morgan fingerprint density at radius 3 is 2.39 bits per heavy atom. The highest BCUT2D eigenvalue weighted by Crippen LogP contribution is 2.24. The summed E-state index contributed by atoms with van der Waals surface area (Å²) >= 11 is 0. The Morgan fingerprint density at radius 1 is 1.39 bits per heavy atom. The van der Waals surface area contributed by atoms with Crippen LogP contribution in [0.4, 0.5) is 0 Å². The zero-order chi connectivity index (χ0) is 14.2. The van der Waals surface area contributed by atoms with E-state index >= 15 is 0 Å². The SMILES string of the molecule is CCC(CCO)CNC(=O)C(CN)CC(C)(C)C. The van der Waals surface area contributed by atoms with Crippen molar-refractivity contribution >= 4 is 5.91 Å². The molecule has 108 valence electrons. The molecule has 0 aromatic carbocycles. The summed E-state index contributed by atoms with van der Waals surface area (Å²) < 4.78 is 0. The van der Waals surface area contributed by atoms with E-state index in [-0.39, 0.29) is 23.8 Å². The van der Waals surface area contributed by atoms with Crippen LogP contribution in [0.2, 0.25) is 0 Å². The van der Waals surface area contributed by atoms with Crippen molar-refractivity contribution in [3.05, 3.63) is 0 Å². The lowest BCUT2D eigenvalue weighted by molar-refractivity contribution is -0.125. The number of nitrogens with one attached hydrogen (secondary N) is 1. The molecular weight excluding hydrogens is 228 g/mol. The van der Waals surface area contributed by atoms with Crippen LogP contribution in [-0.4, -0.2) is 30.7 Å². The van der Waals surface area contributed by atoms with Gasteiger partial charge in [0.2, 0.25) is 5.91 Å². The summed E-state index contributed by atoms with van der Waals surface area (Å²) in [6.07, 6.45) is 2.50. The summed E-state index contributed by atoms with van der Waals surface area (Å²) in [6.45, 7) is 9.62. The van der Waals surface area contributed by atoms with E-state index in [0.717, 1.165) is 19.3 Å². The van der Waals surface area contributed by atoms with E-state index in [1.54, 1.807) is 0 Å². The molecule has 2 atom stereocenters. The predicted octanol–water partition coefficient (Wildman–Crippen LogP) is 1.52. The van der Waals surface area contributed by atoms with E-state index in [1.165, 1.54) is 0 Å². The molecule has 0 saturated heterocycles. The van der Waals surface area contributed by atoms with Gasteiger partial charge in [-0.25, -0.2) is 0 Å². The molecular formula is C14H30N2O2. The van der Waals surface area contributed by atoms with Gasteiger partial charge >= 0.3 is 0 Å². The maximum Gasteiger partial charge on any atom is 0.224 e. The minimum atomic E-state index is -0.114. The van der Waals surface area contributed by atoms with Gasteiger partial charge in [-0.2, -0.15) is 0 Å². The van der Waals surface area contributed by atoms with Gasteiger partial charge in [0.25, 0.3) is 0 Å². The maximum absolute atomic E-state index is 12.0. The molecule has 4 heteroatoms. The molecule has 4 N–H and O–H groups in total. The second-order valence-corrected chi connectivity index (χ2v) is 6.23. The summed E-state index contributed by atoms with van der Waals surface area (Å²) in [7, 11) is 0. The van der Waals surface area contributed by atoms with Gasteiger partial charge in [0.05, 0.1) is 5.92 Å². The number of aliphatic hydroxyl groups excluding tert-OH is 1. The topological polar surface area (TPSA) is 75.3 Å². The minimum absolute atomic E-state index is 0.0452. The molecule has 0 heterocycles. The van der Waals surface area contributed by atoms with Gasteiger partial charge < -0.3 is 16.2 Å². The molecule has 0 saturated carbocycles. The number of amides is 1. The molecule has 0 aliphatic rings. The highest BCUT2D eigenvalue weighted by molar-refractivity contribution is 5.78. The zero-order valence-electron chi connectivity index (χ0n) is 12.3. The van der Waals surface area contributed by atoms with Crippen LogP contribution in [0.5, 0.6) is 0 Å². The molecule has 2 unspecified atom stereocenters. The monoisotopic (exact) mass is 258 g/mol. The van der Waals surface area contributed by atoms with Gasteiger partial charge in [-0.15, -0.1) is 0 Å².